The Hall–Kier alpha value is -2.64. The second-order valence-electron chi connectivity index (χ2n) is 7.50. The van der Waals surface area contributed by atoms with E-state index in [1.165, 1.54) is 16.2 Å². The van der Waals surface area contributed by atoms with E-state index in [-0.39, 0.29) is 11.3 Å². The molecule has 1 aromatic heterocycles. The monoisotopic (exact) mass is 415 g/mol. The molecule has 2 aromatic rings. The summed E-state index contributed by atoms with van der Waals surface area (Å²) >= 11 is 1.48. The predicted octanol–water partition coefficient (Wildman–Crippen LogP) is 2.02. The molecule has 0 aliphatic carbocycles. The van der Waals surface area contributed by atoms with E-state index in [4.69, 9.17) is 4.74 Å². The van der Waals surface area contributed by atoms with Gasteiger partial charge in [0.25, 0.3) is 11.7 Å². The molecule has 2 heterocycles. The minimum atomic E-state index is -0.633. The molecule has 154 valence electrons. The molecule has 1 saturated heterocycles. The zero-order valence-electron chi connectivity index (χ0n) is 17.2. The van der Waals surface area contributed by atoms with Gasteiger partial charge in [0.05, 0.1) is 39.4 Å². The maximum absolute atomic E-state index is 12.9. The number of quaternary nitrogens is 1. The summed E-state index contributed by atoms with van der Waals surface area (Å²) in [6.45, 7) is 3.23. The molecule has 1 aliphatic rings. The summed E-state index contributed by atoms with van der Waals surface area (Å²) in [5.74, 6) is -0.633. The van der Waals surface area contributed by atoms with Gasteiger partial charge in [-0.3, -0.25) is 9.59 Å². The van der Waals surface area contributed by atoms with E-state index in [2.05, 4.69) is 14.1 Å². The molecule has 0 saturated carbocycles. The van der Waals surface area contributed by atoms with Crippen molar-refractivity contribution in [3.63, 3.8) is 0 Å². The van der Waals surface area contributed by atoms with Crippen molar-refractivity contribution in [2.75, 3.05) is 34.3 Å². The first-order valence-electron chi connectivity index (χ1n) is 9.61. The summed E-state index contributed by atoms with van der Waals surface area (Å²) in [5.41, 5.74) is 1.49. The summed E-state index contributed by atoms with van der Waals surface area (Å²) < 4.78 is 5.28. The van der Waals surface area contributed by atoms with E-state index in [0.29, 0.717) is 17.9 Å². The van der Waals surface area contributed by atoms with Gasteiger partial charge in [0, 0.05) is 23.4 Å². The number of benzene rings is 1. The lowest BCUT2D eigenvalue weighted by molar-refractivity contribution is -0.858. The van der Waals surface area contributed by atoms with Crippen LogP contribution in [0.2, 0.25) is 0 Å². The number of hydrogen-bond acceptors (Lipinski definition) is 5. The fourth-order valence-electron chi connectivity index (χ4n) is 3.64. The Morgan fingerprint density at radius 1 is 1.28 bits per heavy atom. The number of ether oxygens (including phenoxy) is 1. The topological polar surface area (TPSA) is 71.3 Å². The molecule has 3 rings (SSSR count). The number of likely N-dealkylation sites (tertiary alicyclic amines) is 1. The summed E-state index contributed by atoms with van der Waals surface area (Å²) in [7, 11) is 5.69. The molecular formula is C22H27N2O4S+. The van der Waals surface area contributed by atoms with Crippen molar-refractivity contribution in [1.82, 2.24) is 4.90 Å². The van der Waals surface area contributed by atoms with Crippen molar-refractivity contribution in [2.24, 2.45) is 0 Å². The Balaban J connectivity index is 2.05. The maximum atomic E-state index is 12.9. The van der Waals surface area contributed by atoms with Crippen LogP contribution in [0.1, 0.15) is 28.5 Å². The van der Waals surface area contributed by atoms with Crippen molar-refractivity contribution >= 4 is 28.8 Å². The average molecular weight is 416 g/mol. The predicted molar refractivity (Wildman–Crippen MR) is 113 cm³/mol. The molecule has 1 unspecified atom stereocenters. The molecule has 1 aromatic carbocycles. The van der Waals surface area contributed by atoms with Gasteiger partial charge in [-0.15, -0.1) is 11.3 Å². The first kappa shape index (κ1) is 21.1. The van der Waals surface area contributed by atoms with Crippen molar-refractivity contribution in [3.8, 4) is 5.75 Å². The number of thiophene rings is 1. The number of aliphatic hydroxyl groups excluding tert-OH is 1. The highest BCUT2D eigenvalue weighted by Gasteiger charge is 2.46. The normalized spacial score (nSPS) is 18.7. The maximum Gasteiger partial charge on any atom is 0.295 e. The summed E-state index contributed by atoms with van der Waals surface area (Å²) in [5, 5.41) is 13.0. The standard InChI is InChI=1S/C22H26N2O4S/c1-14-13-15(8-9-16(14)28-4)20(25)18-19(17-7-5-12-29-17)24(22(27)21(18)26)11-6-10-23(2)3/h5,7-9,12-13,19,25H,6,10-11H2,1-4H3/p+1. The highest BCUT2D eigenvalue weighted by molar-refractivity contribution is 7.10. The van der Waals surface area contributed by atoms with E-state index in [9.17, 15) is 14.7 Å². The van der Waals surface area contributed by atoms with Gasteiger partial charge in [0.1, 0.15) is 11.5 Å². The number of carbonyl (C=O) groups excluding carboxylic acids is 2. The van der Waals surface area contributed by atoms with Crippen LogP contribution in [0, 0.1) is 6.92 Å². The molecule has 6 nitrogen and oxygen atoms in total. The lowest BCUT2D eigenvalue weighted by Crippen LogP contribution is -3.05. The number of amides is 1. The average Bonchev–Trinajstić information content (AvgIpc) is 3.29. The van der Waals surface area contributed by atoms with Gasteiger partial charge >= 0.3 is 0 Å². The molecule has 1 fully saturated rings. The van der Waals surface area contributed by atoms with Crippen molar-refractivity contribution in [1.29, 1.82) is 0 Å². The minimum absolute atomic E-state index is 0.145. The van der Waals surface area contributed by atoms with E-state index >= 15 is 0 Å². The van der Waals surface area contributed by atoms with Gasteiger partial charge in [-0.05, 0) is 42.1 Å². The first-order valence-corrected chi connectivity index (χ1v) is 10.5. The lowest BCUT2D eigenvalue weighted by Gasteiger charge is -2.24. The Kier molecular flexibility index (Phi) is 6.39. The smallest absolute Gasteiger partial charge is 0.295 e. The van der Waals surface area contributed by atoms with Crippen molar-refractivity contribution in [3.05, 3.63) is 57.3 Å². The quantitative estimate of drug-likeness (QED) is 0.412. The molecule has 0 bridgehead atoms. The van der Waals surface area contributed by atoms with Crippen LogP contribution < -0.4 is 9.64 Å². The number of carbonyl (C=O) groups is 2. The van der Waals surface area contributed by atoms with Crippen LogP contribution in [0.25, 0.3) is 5.76 Å². The van der Waals surface area contributed by atoms with Crippen LogP contribution in [0.4, 0.5) is 0 Å². The fraction of sp³-hybridized carbons (Fsp3) is 0.364. The summed E-state index contributed by atoms with van der Waals surface area (Å²) in [6.07, 6.45) is 0.777. The van der Waals surface area contributed by atoms with Crippen molar-refractivity contribution in [2.45, 2.75) is 19.4 Å². The van der Waals surface area contributed by atoms with Crippen LogP contribution in [-0.2, 0) is 9.59 Å². The van der Waals surface area contributed by atoms with E-state index in [1.807, 2.05) is 24.4 Å². The molecule has 0 radical (unpaired) electrons. The van der Waals surface area contributed by atoms with Crippen molar-refractivity contribution < 1.29 is 24.3 Å². The third-order valence-corrected chi connectivity index (χ3v) is 6.02. The molecular weight excluding hydrogens is 388 g/mol. The van der Waals surface area contributed by atoms with Crippen LogP contribution >= 0.6 is 11.3 Å². The van der Waals surface area contributed by atoms with Crippen LogP contribution in [0.3, 0.4) is 0 Å². The number of Topliss-reactive ketones (excluding diaryl/α,β-unsaturated/α-hetero) is 1. The Morgan fingerprint density at radius 2 is 2.03 bits per heavy atom. The van der Waals surface area contributed by atoms with Crippen LogP contribution in [-0.4, -0.2) is 56.0 Å². The molecule has 1 aliphatic heterocycles. The zero-order valence-corrected chi connectivity index (χ0v) is 18.0. The Bertz CT molecular complexity index is 934. The SMILES string of the molecule is COc1ccc(C(O)=C2C(=O)C(=O)N(CCC[NH+](C)C)C2c2cccs2)cc1C. The lowest BCUT2D eigenvalue weighted by atomic mass is 9.98. The third-order valence-electron chi connectivity index (χ3n) is 5.10. The number of nitrogens with one attached hydrogen (secondary N) is 1. The van der Waals surface area contributed by atoms with Gasteiger partial charge in [0.15, 0.2) is 0 Å². The molecule has 1 atom stereocenters. The number of nitrogens with zero attached hydrogens (tertiary/aromatic N) is 1. The third kappa shape index (κ3) is 4.21. The molecule has 0 spiro atoms. The van der Waals surface area contributed by atoms with Gasteiger partial charge < -0.3 is 19.6 Å². The number of aryl methyl sites for hydroxylation is 1. The Labute approximate surface area is 175 Å². The number of ketones is 1. The van der Waals surface area contributed by atoms with E-state index in [0.717, 1.165) is 23.4 Å². The molecule has 1 amide bonds. The van der Waals surface area contributed by atoms with E-state index in [1.54, 1.807) is 30.2 Å². The molecule has 29 heavy (non-hydrogen) atoms. The highest BCUT2D eigenvalue weighted by atomic mass is 32.1. The first-order chi connectivity index (χ1) is 13.8. The van der Waals surface area contributed by atoms with Gasteiger partial charge in [-0.25, -0.2) is 0 Å². The van der Waals surface area contributed by atoms with Gasteiger partial charge in [-0.1, -0.05) is 6.07 Å². The largest absolute Gasteiger partial charge is 0.507 e. The zero-order chi connectivity index (χ0) is 21.1. The number of rotatable bonds is 7. The second-order valence-corrected chi connectivity index (χ2v) is 8.48. The summed E-state index contributed by atoms with van der Waals surface area (Å²) in [4.78, 5) is 29.5. The molecule has 2 N–H and O–H groups in total. The van der Waals surface area contributed by atoms with Crippen LogP contribution in [0.5, 0.6) is 5.75 Å². The minimum Gasteiger partial charge on any atom is -0.507 e. The highest BCUT2D eigenvalue weighted by Crippen LogP contribution is 2.41. The summed E-state index contributed by atoms with van der Waals surface area (Å²) in [6, 6.07) is 8.45. The van der Waals surface area contributed by atoms with Crippen LogP contribution in [0.15, 0.2) is 41.3 Å². The Morgan fingerprint density at radius 3 is 2.62 bits per heavy atom. The number of methoxy groups -OCH3 is 1. The number of hydrogen-bond donors (Lipinski definition) is 2. The van der Waals surface area contributed by atoms with Gasteiger partial charge in [0.2, 0.25) is 0 Å². The number of aliphatic hydroxyl groups is 1. The second kappa shape index (κ2) is 8.80. The van der Waals surface area contributed by atoms with Gasteiger partial charge in [-0.2, -0.15) is 0 Å². The molecule has 7 heteroatoms. The fourth-order valence-corrected chi connectivity index (χ4v) is 4.48. The van der Waals surface area contributed by atoms with E-state index < -0.39 is 17.7 Å².